The van der Waals surface area contributed by atoms with Crippen LogP contribution in [-0.2, 0) is 14.8 Å². The quantitative estimate of drug-likeness (QED) is 0.677. The molecule has 1 fully saturated rings. The number of carbonyl (C=O) groups is 2. The summed E-state index contributed by atoms with van der Waals surface area (Å²) in [5.74, 6) is -0.952. The zero-order valence-corrected chi connectivity index (χ0v) is 18.9. The van der Waals surface area contributed by atoms with Crippen molar-refractivity contribution in [2.75, 3.05) is 14.1 Å². The molecule has 0 bridgehead atoms. The zero-order valence-electron chi connectivity index (χ0n) is 17.4. The molecule has 1 aliphatic rings. The molecule has 1 aromatic carbocycles. The smallest absolute Gasteiger partial charge is 0.253 e. The van der Waals surface area contributed by atoms with Gasteiger partial charge in [-0.1, -0.05) is 44.7 Å². The Morgan fingerprint density at radius 3 is 2.31 bits per heavy atom. The van der Waals surface area contributed by atoms with Gasteiger partial charge in [0.15, 0.2) is 0 Å². The predicted octanol–water partition coefficient (Wildman–Crippen LogP) is 2.79. The van der Waals surface area contributed by atoms with Crippen molar-refractivity contribution in [1.29, 1.82) is 0 Å². The maximum Gasteiger partial charge on any atom is 0.253 e. The number of sulfonamides is 1. The highest BCUT2D eigenvalue weighted by molar-refractivity contribution is 7.89. The third-order valence-corrected chi connectivity index (χ3v) is 7.29. The van der Waals surface area contributed by atoms with Crippen LogP contribution in [0.15, 0.2) is 23.1 Å². The Bertz CT molecular complexity index is 849. The number of rotatable bonds is 7. The highest BCUT2D eigenvalue weighted by Gasteiger charge is 2.28. The molecule has 1 aliphatic carbocycles. The van der Waals surface area contributed by atoms with Gasteiger partial charge in [-0.25, -0.2) is 12.7 Å². The van der Waals surface area contributed by atoms with Crippen molar-refractivity contribution in [1.82, 2.24) is 14.9 Å². The van der Waals surface area contributed by atoms with Crippen molar-refractivity contribution in [2.45, 2.75) is 62.9 Å². The van der Waals surface area contributed by atoms with Gasteiger partial charge in [0.25, 0.3) is 5.91 Å². The first kappa shape index (κ1) is 23.6. The molecule has 9 heteroatoms. The summed E-state index contributed by atoms with van der Waals surface area (Å²) in [7, 11) is -0.893. The van der Waals surface area contributed by atoms with Gasteiger partial charge in [0, 0.05) is 20.1 Å². The topological polar surface area (TPSA) is 95.6 Å². The molecule has 0 aromatic heterocycles. The Morgan fingerprint density at radius 1 is 1.14 bits per heavy atom. The molecule has 162 valence electrons. The second-order valence-electron chi connectivity index (χ2n) is 7.97. The van der Waals surface area contributed by atoms with Crippen LogP contribution in [0.2, 0.25) is 5.02 Å². The van der Waals surface area contributed by atoms with Crippen LogP contribution in [0, 0.1) is 5.92 Å². The first-order valence-electron chi connectivity index (χ1n) is 9.87. The number of hydrogen-bond donors (Lipinski definition) is 2. The molecular formula is C20H30ClN3O4S. The molecule has 29 heavy (non-hydrogen) atoms. The minimum absolute atomic E-state index is 0.0192. The number of hydrogen-bond acceptors (Lipinski definition) is 4. The van der Waals surface area contributed by atoms with Crippen molar-refractivity contribution >= 4 is 33.4 Å². The van der Waals surface area contributed by atoms with Crippen molar-refractivity contribution in [3.63, 3.8) is 0 Å². The Hall–Kier alpha value is -1.64. The van der Waals surface area contributed by atoms with Gasteiger partial charge in [0.05, 0.1) is 15.5 Å². The summed E-state index contributed by atoms with van der Waals surface area (Å²) in [6.45, 7) is 3.69. The van der Waals surface area contributed by atoms with Gasteiger partial charge in [-0.05, 0) is 37.0 Å². The van der Waals surface area contributed by atoms with E-state index in [-0.39, 0.29) is 33.3 Å². The zero-order chi connectivity index (χ0) is 21.8. The number of halogens is 1. The Kier molecular flexibility index (Phi) is 8.08. The van der Waals surface area contributed by atoms with Gasteiger partial charge in [0.2, 0.25) is 15.9 Å². The average molecular weight is 444 g/mol. The molecular weight excluding hydrogens is 414 g/mol. The Morgan fingerprint density at radius 2 is 1.76 bits per heavy atom. The lowest BCUT2D eigenvalue weighted by Crippen LogP contribution is -2.52. The van der Waals surface area contributed by atoms with E-state index in [0.29, 0.717) is 0 Å². The van der Waals surface area contributed by atoms with E-state index in [1.807, 2.05) is 13.8 Å². The minimum Gasteiger partial charge on any atom is -0.352 e. The molecule has 0 heterocycles. The number of amides is 2. The van der Waals surface area contributed by atoms with E-state index >= 15 is 0 Å². The summed E-state index contributed by atoms with van der Waals surface area (Å²) in [6, 6.07) is 3.36. The van der Waals surface area contributed by atoms with E-state index in [0.717, 1.165) is 30.0 Å². The summed E-state index contributed by atoms with van der Waals surface area (Å²) in [4.78, 5) is 25.6. The van der Waals surface area contributed by atoms with E-state index in [1.165, 1.54) is 38.7 Å². The van der Waals surface area contributed by atoms with Crippen LogP contribution in [0.5, 0.6) is 0 Å². The van der Waals surface area contributed by atoms with Crippen LogP contribution in [0.3, 0.4) is 0 Å². The van der Waals surface area contributed by atoms with Gasteiger partial charge in [-0.2, -0.15) is 0 Å². The summed E-state index contributed by atoms with van der Waals surface area (Å²) in [5, 5.41) is 5.88. The lowest BCUT2D eigenvalue weighted by atomic mass is 9.94. The molecule has 0 spiro atoms. The maximum atomic E-state index is 12.8. The largest absolute Gasteiger partial charge is 0.352 e. The summed E-state index contributed by atoms with van der Waals surface area (Å²) < 4.78 is 25.8. The molecule has 1 unspecified atom stereocenters. The second kappa shape index (κ2) is 9.91. The van der Waals surface area contributed by atoms with Crippen molar-refractivity contribution < 1.29 is 18.0 Å². The fraction of sp³-hybridized carbons (Fsp3) is 0.600. The molecule has 1 atom stereocenters. The van der Waals surface area contributed by atoms with E-state index in [2.05, 4.69) is 10.6 Å². The molecule has 1 saturated carbocycles. The van der Waals surface area contributed by atoms with Gasteiger partial charge < -0.3 is 10.6 Å². The van der Waals surface area contributed by atoms with Gasteiger partial charge >= 0.3 is 0 Å². The molecule has 1 aromatic rings. The summed E-state index contributed by atoms with van der Waals surface area (Å²) in [6.07, 6.45) is 5.25. The number of carbonyl (C=O) groups excluding carboxylic acids is 2. The van der Waals surface area contributed by atoms with Gasteiger partial charge in [0.1, 0.15) is 6.04 Å². The van der Waals surface area contributed by atoms with Crippen LogP contribution >= 0.6 is 11.6 Å². The first-order chi connectivity index (χ1) is 13.5. The van der Waals surface area contributed by atoms with Crippen molar-refractivity contribution in [3.8, 4) is 0 Å². The van der Waals surface area contributed by atoms with Crippen molar-refractivity contribution in [3.05, 3.63) is 28.8 Å². The fourth-order valence-corrected chi connectivity index (χ4v) is 4.47. The van der Waals surface area contributed by atoms with Crippen molar-refractivity contribution in [2.24, 2.45) is 5.92 Å². The monoisotopic (exact) mass is 443 g/mol. The molecule has 7 nitrogen and oxygen atoms in total. The van der Waals surface area contributed by atoms with E-state index in [4.69, 9.17) is 11.6 Å². The SMILES string of the molecule is CC(C)C(NC(=O)c1cc(S(=O)(=O)N(C)C)ccc1Cl)C(=O)NC1CCCCC1. The third-order valence-electron chi connectivity index (χ3n) is 5.15. The van der Waals surface area contributed by atoms with E-state index < -0.39 is 22.0 Å². The van der Waals surface area contributed by atoms with Crippen LogP contribution < -0.4 is 10.6 Å². The molecule has 0 radical (unpaired) electrons. The van der Waals surface area contributed by atoms with Crippen LogP contribution in [0.25, 0.3) is 0 Å². The van der Waals surface area contributed by atoms with E-state index in [1.54, 1.807) is 0 Å². The third kappa shape index (κ3) is 5.93. The number of nitrogens with zero attached hydrogens (tertiary/aromatic N) is 1. The lowest BCUT2D eigenvalue weighted by Gasteiger charge is -2.27. The van der Waals surface area contributed by atoms with E-state index in [9.17, 15) is 18.0 Å². The molecule has 0 aliphatic heterocycles. The summed E-state index contributed by atoms with van der Waals surface area (Å²) >= 11 is 6.15. The molecule has 2 rings (SSSR count). The standard InChI is InChI=1S/C20H30ClN3O4S/c1-13(2)18(20(26)22-14-8-6-5-7-9-14)23-19(25)16-12-15(10-11-17(16)21)29(27,28)24(3)4/h10-14,18H,5-9H2,1-4H3,(H,22,26)(H,23,25). The highest BCUT2D eigenvalue weighted by Crippen LogP contribution is 2.23. The second-order valence-corrected chi connectivity index (χ2v) is 10.5. The predicted molar refractivity (Wildman–Crippen MR) is 113 cm³/mol. The highest BCUT2D eigenvalue weighted by atomic mass is 35.5. The lowest BCUT2D eigenvalue weighted by molar-refractivity contribution is -0.124. The Labute approximate surface area is 178 Å². The van der Waals surface area contributed by atoms with Crippen LogP contribution in [0.4, 0.5) is 0 Å². The van der Waals surface area contributed by atoms with Crippen LogP contribution in [-0.4, -0.2) is 50.7 Å². The minimum atomic E-state index is -3.71. The van der Waals surface area contributed by atoms with Gasteiger partial charge in [-0.15, -0.1) is 0 Å². The number of benzene rings is 1. The summed E-state index contributed by atoms with van der Waals surface area (Å²) in [5.41, 5.74) is 0.0192. The first-order valence-corrected chi connectivity index (χ1v) is 11.7. The maximum absolute atomic E-state index is 12.8. The Balaban J connectivity index is 2.20. The molecule has 2 amide bonds. The van der Waals surface area contributed by atoms with Crippen LogP contribution in [0.1, 0.15) is 56.3 Å². The number of nitrogens with one attached hydrogen (secondary N) is 2. The molecule has 0 saturated heterocycles. The average Bonchev–Trinajstić information content (AvgIpc) is 2.66. The van der Waals surface area contributed by atoms with Gasteiger partial charge in [-0.3, -0.25) is 9.59 Å². The molecule has 2 N–H and O–H groups in total. The normalized spacial score (nSPS) is 16.7. The fourth-order valence-electron chi connectivity index (χ4n) is 3.34.